The molecule has 0 spiro atoms. The van der Waals surface area contributed by atoms with E-state index in [1.165, 1.54) is 17.0 Å². The van der Waals surface area contributed by atoms with E-state index in [-0.39, 0.29) is 33.6 Å². The summed E-state index contributed by atoms with van der Waals surface area (Å²) in [4.78, 5) is 37.2. The third-order valence-electron chi connectivity index (χ3n) is 3.53. The maximum absolute atomic E-state index is 12.5. The summed E-state index contributed by atoms with van der Waals surface area (Å²) in [6.07, 6.45) is -0.0411. The van der Waals surface area contributed by atoms with E-state index >= 15 is 0 Å². The lowest BCUT2D eigenvalue weighted by Crippen LogP contribution is -2.37. The highest BCUT2D eigenvalue weighted by Crippen LogP contribution is 2.31. The molecule has 0 fully saturated rings. The number of nitrogens with two attached hydrogens (primary N) is 1. The highest BCUT2D eigenvalue weighted by atomic mass is 35.5. The summed E-state index contributed by atoms with van der Waals surface area (Å²) in [6, 6.07) is 11.5. The van der Waals surface area contributed by atoms with Crippen LogP contribution in [0, 0.1) is 0 Å². The SMILES string of the molecule is NC(=O)CCN(C(=O)COC(=O)c1c(Cl)ccc(Cl)c1Cl)c1ccccc1. The fraction of sp³-hybridized carbons (Fsp3) is 0.167. The number of carbonyl (C=O) groups is 3. The standard InChI is InChI=1S/C18H15Cl3N2O4/c19-12-6-7-13(20)17(21)16(12)18(26)27-10-15(25)23(9-8-14(22)24)11-4-2-1-3-5-11/h1-7H,8-10H2,(H2,22,24). The van der Waals surface area contributed by atoms with Gasteiger partial charge in [-0.25, -0.2) is 4.79 Å². The lowest BCUT2D eigenvalue weighted by atomic mass is 10.2. The van der Waals surface area contributed by atoms with Gasteiger partial charge in [0, 0.05) is 18.7 Å². The van der Waals surface area contributed by atoms with Gasteiger partial charge in [0.1, 0.15) is 0 Å². The number of nitrogens with zero attached hydrogens (tertiary/aromatic N) is 1. The summed E-state index contributed by atoms with van der Waals surface area (Å²) in [7, 11) is 0. The van der Waals surface area contributed by atoms with Gasteiger partial charge < -0.3 is 15.4 Å². The number of halogens is 3. The van der Waals surface area contributed by atoms with E-state index in [1.807, 2.05) is 0 Å². The zero-order valence-electron chi connectivity index (χ0n) is 14.0. The van der Waals surface area contributed by atoms with Crippen molar-refractivity contribution in [2.24, 2.45) is 5.73 Å². The van der Waals surface area contributed by atoms with Crippen LogP contribution in [0.3, 0.4) is 0 Å². The van der Waals surface area contributed by atoms with Crippen LogP contribution in [0.4, 0.5) is 5.69 Å². The van der Waals surface area contributed by atoms with Gasteiger partial charge in [-0.15, -0.1) is 0 Å². The summed E-state index contributed by atoms with van der Waals surface area (Å²) in [5, 5.41) is 0.123. The van der Waals surface area contributed by atoms with Crippen LogP contribution in [0.2, 0.25) is 15.1 Å². The number of para-hydroxylation sites is 1. The van der Waals surface area contributed by atoms with Gasteiger partial charge in [-0.3, -0.25) is 9.59 Å². The Labute approximate surface area is 170 Å². The fourth-order valence-corrected chi connectivity index (χ4v) is 2.90. The normalized spacial score (nSPS) is 10.3. The largest absolute Gasteiger partial charge is 0.452 e. The number of primary amides is 1. The van der Waals surface area contributed by atoms with Gasteiger partial charge in [-0.05, 0) is 24.3 Å². The molecule has 0 saturated heterocycles. The summed E-state index contributed by atoms with van der Waals surface area (Å²) in [5.74, 6) is -1.98. The lowest BCUT2D eigenvalue weighted by molar-refractivity contribution is -0.121. The number of ether oxygens (including phenoxy) is 1. The quantitative estimate of drug-likeness (QED) is 0.536. The predicted molar refractivity (Wildman–Crippen MR) is 104 cm³/mol. The number of hydrogen-bond acceptors (Lipinski definition) is 4. The first-order valence-electron chi connectivity index (χ1n) is 7.75. The molecule has 2 aromatic carbocycles. The molecule has 0 aromatic heterocycles. The van der Waals surface area contributed by atoms with E-state index < -0.39 is 24.4 Å². The fourth-order valence-electron chi connectivity index (χ4n) is 2.22. The van der Waals surface area contributed by atoms with Crippen LogP contribution in [0.5, 0.6) is 0 Å². The van der Waals surface area contributed by atoms with Crippen LogP contribution < -0.4 is 10.6 Å². The minimum atomic E-state index is -0.885. The Morgan fingerprint density at radius 2 is 1.59 bits per heavy atom. The molecular weight excluding hydrogens is 415 g/mol. The van der Waals surface area contributed by atoms with Crippen LogP contribution >= 0.6 is 34.8 Å². The first-order valence-corrected chi connectivity index (χ1v) is 8.89. The second-order valence-corrected chi connectivity index (χ2v) is 6.58. The predicted octanol–water partition coefficient (Wildman–Crippen LogP) is 3.71. The molecule has 6 nitrogen and oxygen atoms in total. The smallest absolute Gasteiger partial charge is 0.341 e. The van der Waals surface area contributed by atoms with Gasteiger partial charge in [0.25, 0.3) is 5.91 Å². The average molecular weight is 430 g/mol. The number of carbonyl (C=O) groups excluding carboxylic acids is 3. The second kappa shape index (κ2) is 9.60. The molecule has 0 unspecified atom stereocenters. The molecule has 0 aliphatic carbocycles. The summed E-state index contributed by atoms with van der Waals surface area (Å²) < 4.78 is 5.04. The second-order valence-electron chi connectivity index (χ2n) is 5.39. The van der Waals surface area contributed by atoms with Crippen LogP contribution in [0.15, 0.2) is 42.5 Å². The number of esters is 1. The molecule has 2 rings (SSSR count). The van der Waals surface area contributed by atoms with Crippen molar-refractivity contribution < 1.29 is 19.1 Å². The first kappa shape index (κ1) is 21.0. The number of hydrogen-bond donors (Lipinski definition) is 1. The summed E-state index contributed by atoms with van der Waals surface area (Å²) in [5.41, 5.74) is 5.58. The molecule has 0 saturated carbocycles. The molecule has 0 aliphatic rings. The highest BCUT2D eigenvalue weighted by molar-refractivity contribution is 6.46. The Morgan fingerprint density at radius 3 is 2.22 bits per heavy atom. The number of amides is 2. The topological polar surface area (TPSA) is 89.7 Å². The third kappa shape index (κ3) is 5.60. The van der Waals surface area contributed by atoms with Crippen molar-refractivity contribution in [1.82, 2.24) is 0 Å². The third-order valence-corrected chi connectivity index (χ3v) is 4.64. The van der Waals surface area contributed by atoms with Gasteiger partial charge in [-0.1, -0.05) is 53.0 Å². The molecule has 2 aromatic rings. The van der Waals surface area contributed by atoms with Crippen molar-refractivity contribution >= 4 is 58.3 Å². The molecule has 0 aliphatic heterocycles. The van der Waals surface area contributed by atoms with Crippen molar-refractivity contribution in [1.29, 1.82) is 0 Å². The number of anilines is 1. The Morgan fingerprint density at radius 1 is 0.963 bits per heavy atom. The Hall–Kier alpha value is -2.28. The van der Waals surface area contributed by atoms with E-state index in [0.717, 1.165) is 0 Å². The average Bonchev–Trinajstić information content (AvgIpc) is 2.64. The van der Waals surface area contributed by atoms with Crippen LogP contribution in [-0.4, -0.2) is 30.9 Å². The van der Waals surface area contributed by atoms with Crippen molar-refractivity contribution in [3.8, 4) is 0 Å². The molecule has 142 valence electrons. The molecule has 0 radical (unpaired) electrons. The van der Waals surface area contributed by atoms with Gasteiger partial charge in [0.2, 0.25) is 5.91 Å². The number of benzene rings is 2. The van der Waals surface area contributed by atoms with E-state index in [9.17, 15) is 14.4 Å². The molecule has 27 heavy (non-hydrogen) atoms. The molecule has 0 atom stereocenters. The molecule has 0 bridgehead atoms. The van der Waals surface area contributed by atoms with Gasteiger partial charge in [0.05, 0.1) is 20.6 Å². The number of rotatable bonds is 7. The van der Waals surface area contributed by atoms with Crippen molar-refractivity contribution in [2.75, 3.05) is 18.1 Å². The first-order chi connectivity index (χ1) is 12.8. The van der Waals surface area contributed by atoms with Crippen LogP contribution in [-0.2, 0) is 14.3 Å². The highest BCUT2D eigenvalue weighted by Gasteiger charge is 2.22. The molecule has 0 heterocycles. The zero-order chi connectivity index (χ0) is 20.0. The van der Waals surface area contributed by atoms with E-state index in [1.54, 1.807) is 30.3 Å². The van der Waals surface area contributed by atoms with Crippen molar-refractivity contribution in [2.45, 2.75) is 6.42 Å². The molecule has 9 heteroatoms. The molecule has 2 amide bonds. The molecule has 2 N–H and O–H groups in total. The van der Waals surface area contributed by atoms with Gasteiger partial charge in [0.15, 0.2) is 6.61 Å². The minimum absolute atomic E-state index is 0.0411. The van der Waals surface area contributed by atoms with Crippen LogP contribution in [0.25, 0.3) is 0 Å². The summed E-state index contributed by atoms with van der Waals surface area (Å²) in [6.45, 7) is -0.528. The summed E-state index contributed by atoms with van der Waals surface area (Å²) >= 11 is 17.8. The maximum atomic E-state index is 12.5. The Kier molecular flexibility index (Phi) is 7.47. The Bertz CT molecular complexity index is 859. The van der Waals surface area contributed by atoms with Gasteiger partial charge >= 0.3 is 5.97 Å². The lowest BCUT2D eigenvalue weighted by Gasteiger charge is -2.22. The van der Waals surface area contributed by atoms with Gasteiger partial charge in [-0.2, -0.15) is 0 Å². The van der Waals surface area contributed by atoms with Crippen molar-refractivity contribution in [3.63, 3.8) is 0 Å². The van der Waals surface area contributed by atoms with E-state index in [4.69, 9.17) is 45.3 Å². The molecular formula is C18H15Cl3N2O4. The maximum Gasteiger partial charge on any atom is 0.341 e. The van der Waals surface area contributed by atoms with E-state index in [0.29, 0.717) is 5.69 Å². The zero-order valence-corrected chi connectivity index (χ0v) is 16.2. The minimum Gasteiger partial charge on any atom is -0.452 e. The van der Waals surface area contributed by atoms with E-state index in [2.05, 4.69) is 0 Å². The monoisotopic (exact) mass is 428 g/mol. The van der Waals surface area contributed by atoms with Crippen LogP contribution in [0.1, 0.15) is 16.8 Å². The Balaban J connectivity index is 2.12. The van der Waals surface area contributed by atoms with Crippen molar-refractivity contribution in [3.05, 3.63) is 63.1 Å².